The molecule has 0 saturated carbocycles. The van der Waals surface area contributed by atoms with Gasteiger partial charge in [0.1, 0.15) is 6.10 Å². The molecule has 1 heterocycles. The van der Waals surface area contributed by atoms with Crippen molar-refractivity contribution in [3.8, 4) is 0 Å². The zero-order valence-corrected chi connectivity index (χ0v) is 15.1. The maximum Gasteiger partial charge on any atom is 0.297 e. The van der Waals surface area contributed by atoms with E-state index in [2.05, 4.69) is 0 Å². The monoisotopic (exact) mass is 372 g/mol. The molecule has 0 aromatic heterocycles. The molecule has 2 aromatic rings. The Balaban J connectivity index is 1.74. The molecule has 2 aromatic carbocycles. The average Bonchev–Trinajstić information content (AvgIpc) is 2.67. The van der Waals surface area contributed by atoms with Gasteiger partial charge in [-0.3, -0.25) is 4.18 Å². The topological polar surface area (TPSA) is 61.8 Å². The number of aryl methyl sites for hydroxylation is 1. The third kappa shape index (κ3) is 4.82. The van der Waals surface area contributed by atoms with Crippen LogP contribution in [0.1, 0.15) is 17.2 Å². The van der Waals surface area contributed by atoms with Crippen molar-refractivity contribution < 1.29 is 22.1 Å². The molecule has 2 atom stereocenters. The van der Waals surface area contributed by atoms with Crippen LogP contribution in [-0.4, -0.2) is 21.3 Å². The van der Waals surface area contributed by atoms with Crippen molar-refractivity contribution in [2.75, 3.05) is 6.61 Å². The third-order valence-corrected chi connectivity index (χ3v) is 5.12. The van der Waals surface area contributed by atoms with E-state index in [1.165, 1.54) is 18.4 Å². The second-order valence-electron chi connectivity index (χ2n) is 5.81. The van der Waals surface area contributed by atoms with Crippen LogP contribution in [0.3, 0.4) is 0 Å². The first kappa shape index (κ1) is 18.4. The summed E-state index contributed by atoms with van der Waals surface area (Å²) in [6.07, 6.45) is 5.62. The van der Waals surface area contributed by atoms with E-state index < -0.39 is 22.5 Å². The summed E-state index contributed by atoms with van der Waals surface area (Å²) in [5.41, 5.74) is 1.78. The van der Waals surface area contributed by atoms with Crippen LogP contribution in [-0.2, 0) is 23.8 Å². The smallest absolute Gasteiger partial charge is 0.297 e. The molecule has 1 unspecified atom stereocenters. The molecule has 26 heavy (non-hydrogen) atoms. The molecule has 0 radical (unpaired) electrons. The molecule has 0 saturated heterocycles. The van der Waals surface area contributed by atoms with E-state index in [0.29, 0.717) is 0 Å². The molecule has 0 N–H and O–H groups in total. The summed E-state index contributed by atoms with van der Waals surface area (Å²) in [4.78, 5) is 0.117. The van der Waals surface area contributed by atoms with Crippen molar-refractivity contribution >= 4 is 10.1 Å². The van der Waals surface area contributed by atoms with Crippen LogP contribution in [0.25, 0.3) is 0 Å². The Morgan fingerprint density at radius 2 is 1.77 bits per heavy atom. The lowest BCUT2D eigenvalue weighted by Crippen LogP contribution is -2.22. The first-order chi connectivity index (χ1) is 12.5. The fourth-order valence-corrected chi connectivity index (χ4v) is 3.32. The molecule has 1 aliphatic rings. The Hall–Kier alpha value is -2.41. The molecule has 0 aliphatic carbocycles. The molecule has 0 spiro atoms. The van der Waals surface area contributed by atoms with Crippen molar-refractivity contribution in [3.63, 3.8) is 0 Å². The zero-order valence-electron chi connectivity index (χ0n) is 14.3. The highest BCUT2D eigenvalue weighted by atomic mass is 32.2. The van der Waals surface area contributed by atoms with Crippen LogP contribution in [0.15, 0.2) is 84.0 Å². The average molecular weight is 372 g/mol. The highest BCUT2D eigenvalue weighted by Crippen LogP contribution is 2.24. The third-order valence-electron chi connectivity index (χ3n) is 3.82. The van der Waals surface area contributed by atoms with E-state index in [9.17, 15) is 8.42 Å². The maximum atomic E-state index is 12.4. The second kappa shape index (κ2) is 8.31. The summed E-state index contributed by atoms with van der Waals surface area (Å²) in [6.45, 7) is 1.74. The molecule has 0 amide bonds. The number of hydrogen-bond acceptors (Lipinski definition) is 5. The highest BCUT2D eigenvalue weighted by molar-refractivity contribution is 7.86. The van der Waals surface area contributed by atoms with Gasteiger partial charge in [-0.15, -0.1) is 0 Å². The summed E-state index contributed by atoms with van der Waals surface area (Å²) in [5.74, 6) is 0. The van der Waals surface area contributed by atoms with Crippen molar-refractivity contribution in [2.45, 2.75) is 24.2 Å². The van der Waals surface area contributed by atoms with Crippen LogP contribution in [0.4, 0.5) is 0 Å². The van der Waals surface area contributed by atoms with Gasteiger partial charge in [0.2, 0.25) is 6.29 Å². The molecule has 136 valence electrons. The van der Waals surface area contributed by atoms with Gasteiger partial charge in [-0.1, -0.05) is 54.1 Å². The molecule has 5 nitrogen and oxygen atoms in total. The van der Waals surface area contributed by atoms with Crippen LogP contribution in [0.2, 0.25) is 0 Å². The highest BCUT2D eigenvalue weighted by Gasteiger charge is 2.23. The number of benzene rings is 2. The first-order valence-corrected chi connectivity index (χ1v) is 9.61. The number of ether oxygens (including phenoxy) is 2. The van der Waals surface area contributed by atoms with E-state index in [-0.39, 0.29) is 11.5 Å². The van der Waals surface area contributed by atoms with E-state index >= 15 is 0 Å². The summed E-state index contributed by atoms with van der Waals surface area (Å²) in [5, 5.41) is 0. The predicted molar refractivity (Wildman–Crippen MR) is 97.7 cm³/mol. The Morgan fingerprint density at radius 1 is 1.04 bits per heavy atom. The second-order valence-corrected chi connectivity index (χ2v) is 7.42. The number of allylic oxidation sites excluding steroid dienone is 2. The van der Waals surface area contributed by atoms with Gasteiger partial charge in [-0.05, 0) is 36.8 Å². The quantitative estimate of drug-likeness (QED) is 0.690. The van der Waals surface area contributed by atoms with Crippen LogP contribution in [0, 0.1) is 6.92 Å². The van der Waals surface area contributed by atoms with Gasteiger partial charge >= 0.3 is 0 Å². The van der Waals surface area contributed by atoms with Gasteiger partial charge < -0.3 is 9.47 Å². The summed E-state index contributed by atoms with van der Waals surface area (Å²) in [6, 6.07) is 15.8. The van der Waals surface area contributed by atoms with Gasteiger partial charge in [-0.2, -0.15) is 8.42 Å². The summed E-state index contributed by atoms with van der Waals surface area (Å²) in [7, 11) is -3.87. The standard InChI is InChI=1S/C20H20O5S/c1-16-10-12-18(13-11-16)26(21,22)24-15-19(17-7-3-2-4-8-17)25-20-9-5-6-14-23-20/h2-14,19-20H,15H2,1H3/t19?,20-/m0/s1. The van der Waals surface area contributed by atoms with Crippen LogP contribution >= 0.6 is 0 Å². The molecular weight excluding hydrogens is 352 g/mol. The lowest BCUT2D eigenvalue weighted by Gasteiger charge is -2.23. The summed E-state index contributed by atoms with van der Waals surface area (Å²) < 4.78 is 41.4. The van der Waals surface area contributed by atoms with Crippen LogP contribution < -0.4 is 0 Å². The molecule has 0 bridgehead atoms. The number of hydrogen-bond donors (Lipinski definition) is 0. The fraction of sp³-hybridized carbons (Fsp3) is 0.200. The van der Waals surface area contributed by atoms with Crippen molar-refractivity contribution in [2.24, 2.45) is 0 Å². The SMILES string of the molecule is Cc1ccc(S(=O)(=O)OCC(O[C@H]2C=CC=CO2)c2ccccc2)cc1. The minimum atomic E-state index is -3.87. The van der Waals surface area contributed by atoms with Crippen molar-refractivity contribution in [1.82, 2.24) is 0 Å². The van der Waals surface area contributed by atoms with E-state index in [0.717, 1.165) is 11.1 Å². The molecule has 0 fully saturated rings. The van der Waals surface area contributed by atoms with Crippen LogP contribution in [0.5, 0.6) is 0 Å². The van der Waals surface area contributed by atoms with Gasteiger partial charge in [0.25, 0.3) is 10.1 Å². The molecule has 1 aliphatic heterocycles. The molecular formula is C20H20O5S. The minimum Gasteiger partial charge on any atom is -0.469 e. The zero-order chi connectivity index (χ0) is 18.4. The summed E-state index contributed by atoms with van der Waals surface area (Å²) >= 11 is 0. The Labute approximate surface area is 153 Å². The predicted octanol–water partition coefficient (Wildman–Crippen LogP) is 3.88. The van der Waals surface area contributed by atoms with E-state index in [4.69, 9.17) is 13.7 Å². The van der Waals surface area contributed by atoms with Crippen molar-refractivity contribution in [1.29, 1.82) is 0 Å². The van der Waals surface area contributed by atoms with Gasteiger partial charge in [0.15, 0.2) is 0 Å². The molecule has 3 rings (SSSR count). The maximum absolute atomic E-state index is 12.4. The first-order valence-electron chi connectivity index (χ1n) is 8.20. The van der Waals surface area contributed by atoms with Gasteiger partial charge in [0.05, 0.1) is 17.8 Å². The van der Waals surface area contributed by atoms with Gasteiger partial charge in [0, 0.05) is 0 Å². The van der Waals surface area contributed by atoms with Gasteiger partial charge in [-0.25, -0.2) is 0 Å². The Bertz CT molecular complexity index is 870. The fourth-order valence-electron chi connectivity index (χ4n) is 2.41. The van der Waals surface area contributed by atoms with E-state index in [1.807, 2.05) is 37.3 Å². The molecule has 6 heteroatoms. The Kier molecular flexibility index (Phi) is 5.88. The number of rotatable bonds is 7. The van der Waals surface area contributed by atoms with Crippen molar-refractivity contribution in [3.05, 3.63) is 90.2 Å². The lowest BCUT2D eigenvalue weighted by molar-refractivity contribution is -0.124. The Morgan fingerprint density at radius 3 is 2.42 bits per heavy atom. The lowest BCUT2D eigenvalue weighted by atomic mass is 10.1. The largest absolute Gasteiger partial charge is 0.469 e. The minimum absolute atomic E-state index is 0.117. The van der Waals surface area contributed by atoms with E-state index in [1.54, 1.807) is 30.4 Å². The normalized spacial score (nSPS) is 17.7.